The van der Waals surface area contributed by atoms with Gasteiger partial charge in [-0.15, -0.1) is 0 Å². The van der Waals surface area contributed by atoms with Gasteiger partial charge in [-0.05, 0) is 111 Å². The van der Waals surface area contributed by atoms with Crippen LogP contribution in [0.3, 0.4) is 0 Å². The molecule has 0 bridgehead atoms. The van der Waals surface area contributed by atoms with E-state index in [1.54, 1.807) is 0 Å². The highest BCUT2D eigenvalue weighted by Gasteiger charge is 2.56. The summed E-state index contributed by atoms with van der Waals surface area (Å²) in [7, 11) is 0. The third-order valence-electron chi connectivity index (χ3n) is 12.7. The molecule has 0 aliphatic carbocycles. The molecule has 0 fully saturated rings. The van der Waals surface area contributed by atoms with Gasteiger partial charge < -0.3 is 5.41 Å². The Hall–Kier alpha value is 0.400. The summed E-state index contributed by atoms with van der Waals surface area (Å²) >= 11 is 2.61. The molecule has 6 atom stereocenters. The van der Waals surface area contributed by atoms with Crippen LogP contribution in [-0.2, 0) is 0 Å². The van der Waals surface area contributed by atoms with Crippen LogP contribution in [-0.4, -0.2) is 10.6 Å². The second-order valence-corrected chi connectivity index (χ2v) is 16.5. The van der Waals surface area contributed by atoms with Crippen molar-refractivity contribution in [2.24, 2.45) is 34.0 Å². The van der Waals surface area contributed by atoms with Gasteiger partial charge in [-0.25, -0.2) is 0 Å². The molecule has 1 nitrogen and oxygen atoms in total. The van der Waals surface area contributed by atoms with E-state index in [-0.39, 0.29) is 0 Å². The number of hydrogen-bond acceptors (Lipinski definition) is 1. The van der Waals surface area contributed by atoms with Gasteiger partial charge in [0.2, 0.25) is 0 Å². The largest absolute Gasteiger partial charge is 0.313 e. The molecule has 264 valence electrons. The zero-order chi connectivity index (χ0) is 33.3. The van der Waals surface area contributed by atoms with Crippen LogP contribution in [0.4, 0.5) is 0 Å². The number of unbranched alkanes of at least 4 members (excludes halogenated alkanes) is 7. The first-order valence-electron chi connectivity index (χ1n) is 20.2. The molecule has 0 amide bonds. The molecule has 0 aliphatic heterocycles. The maximum atomic E-state index is 8.26. The van der Waals surface area contributed by atoms with Crippen molar-refractivity contribution in [1.29, 1.82) is 5.41 Å². The van der Waals surface area contributed by atoms with Crippen molar-refractivity contribution in [1.82, 2.24) is 0 Å². The molecule has 2 heteroatoms. The van der Waals surface area contributed by atoms with E-state index in [0.717, 1.165) is 11.8 Å². The van der Waals surface area contributed by atoms with Crippen molar-refractivity contribution in [3.8, 4) is 0 Å². The summed E-state index contributed by atoms with van der Waals surface area (Å²) in [4.78, 5) is 0. The molecule has 4 unspecified atom stereocenters. The SMILES string of the molecule is CCCCCCCC(C)(CCC)C(CC)(CCC)C(CC)(CCCCC)CCCC[C@@H](C=N)CC[C@@H](CI)CCC(C)CC. The third kappa shape index (κ3) is 14.7. The van der Waals surface area contributed by atoms with Crippen LogP contribution >= 0.6 is 22.6 Å². The van der Waals surface area contributed by atoms with E-state index >= 15 is 0 Å². The smallest absolute Gasteiger partial charge is 0.00237 e. The lowest BCUT2D eigenvalue weighted by atomic mass is 9.43. The molecule has 0 aromatic carbocycles. The number of nitrogens with one attached hydrogen (secondary N) is 1. The second kappa shape index (κ2) is 26.4. The van der Waals surface area contributed by atoms with E-state index in [2.05, 4.69) is 84.9 Å². The van der Waals surface area contributed by atoms with E-state index in [9.17, 15) is 0 Å². The first-order valence-corrected chi connectivity index (χ1v) is 21.8. The Morgan fingerprint density at radius 2 is 1.16 bits per heavy atom. The van der Waals surface area contributed by atoms with Crippen LogP contribution < -0.4 is 0 Å². The van der Waals surface area contributed by atoms with Gasteiger partial charge in [-0.1, -0.05) is 175 Å². The van der Waals surface area contributed by atoms with Gasteiger partial charge in [0.25, 0.3) is 0 Å². The van der Waals surface area contributed by atoms with Crippen molar-refractivity contribution >= 4 is 28.8 Å². The van der Waals surface area contributed by atoms with E-state index in [4.69, 9.17) is 5.41 Å². The average Bonchev–Trinajstić information content (AvgIpc) is 3.03. The monoisotopic (exact) mass is 730 g/mol. The van der Waals surface area contributed by atoms with Gasteiger partial charge in [-0.3, -0.25) is 0 Å². The summed E-state index contributed by atoms with van der Waals surface area (Å²) in [6, 6.07) is 0. The maximum Gasteiger partial charge on any atom is 0.00237 e. The minimum atomic E-state index is 0.433. The fraction of sp³-hybridized carbons (Fsp3) is 0.976. The highest BCUT2D eigenvalue weighted by molar-refractivity contribution is 14.1. The van der Waals surface area contributed by atoms with Crippen LogP contribution in [0.5, 0.6) is 0 Å². The highest BCUT2D eigenvalue weighted by atomic mass is 127. The van der Waals surface area contributed by atoms with Crippen molar-refractivity contribution in [3.63, 3.8) is 0 Å². The molecule has 0 aliphatic rings. The second-order valence-electron chi connectivity index (χ2n) is 15.6. The lowest BCUT2D eigenvalue weighted by molar-refractivity contribution is -0.118. The van der Waals surface area contributed by atoms with Crippen LogP contribution in [0.15, 0.2) is 0 Å². The van der Waals surface area contributed by atoms with Gasteiger partial charge in [0.15, 0.2) is 0 Å². The molecular formula is C42H84IN. The average molecular weight is 730 g/mol. The fourth-order valence-electron chi connectivity index (χ4n) is 9.55. The molecule has 44 heavy (non-hydrogen) atoms. The fourth-order valence-corrected chi connectivity index (χ4v) is 10.4. The molecule has 0 rings (SSSR count). The molecule has 0 saturated heterocycles. The third-order valence-corrected chi connectivity index (χ3v) is 13.9. The minimum absolute atomic E-state index is 0.433. The van der Waals surface area contributed by atoms with E-state index < -0.39 is 0 Å². The van der Waals surface area contributed by atoms with Crippen LogP contribution in [0.2, 0.25) is 0 Å². The molecule has 0 spiro atoms. The summed E-state index contributed by atoms with van der Waals surface area (Å²) in [5.41, 5.74) is 1.31. The molecule has 0 radical (unpaired) electrons. The summed E-state index contributed by atoms with van der Waals surface area (Å²) in [6.07, 6.45) is 35.9. The zero-order valence-corrected chi connectivity index (χ0v) is 34.2. The van der Waals surface area contributed by atoms with Gasteiger partial charge >= 0.3 is 0 Å². The lowest BCUT2D eigenvalue weighted by Crippen LogP contribution is -2.52. The number of halogens is 1. The predicted molar refractivity (Wildman–Crippen MR) is 212 cm³/mol. The van der Waals surface area contributed by atoms with E-state index in [1.165, 1.54) is 165 Å². The molecule has 0 heterocycles. The Morgan fingerprint density at radius 1 is 0.591 bits per heavy atom. The van der Waals surface area contributed by atoms with Crippen molar-refractivity contribution in [3.05, 3.63) is 0 Å². The van der Waals surface area contributed by atoms with Crippen molar-refractivity contribution < 1.29 is 0 Å². The Bertz CT molecular complexity index is 662. The lowest BCUT2D eigenvalue weighted by Gasteiger charge is -2.61. The Kier molecular flexibility index (Phi) is 26.6. The summed E-state index contributed by atoms with van der Waals surface area (Å²) in [5.74, 6) is 2.19. The summed E-state index contributed by atoms with van der Waals surface area (Å²) in [6.45, 7) is 22.3. The summed E-state index contributed by atoms with van der Waals surface area (Å²) < 4.78 is 1.28. The quantitative estimate of drug-likeness (QED) is 0.0309. The zero-order valence-electron chi connectivity index (χ0n) is 32.1. The number of hydrogen-bond donors (Lipinski definition) is 1. The molecule has 0 aromatic heterocycles. The topological polar surface area (TPSA) is 23.9 Å². The normalized spacial score (nSPS) is 18.2. The summed E-state index contributed by atoms with van der Waals surface area (Å²) in [5, 5.41) is 8.26. The number of alkyl halides is 1. The Labute approximate surface area is 294 Å². The van der Waals surface area contributed by atoms with Crippen LogP contribution in [0, 0.1) is 39.4 Å². The highest BCUT2D eigenvalue weighted by Crippen LogP contribution is 2.65. The predicted octanol–water partition coefficient (Wildman–Crippen LogP) is 15.8. The van der Waals surface area contributed by atoms with Gasteiger partial charge in [0.05, 0.1) is 0 Å². The van der Waals surface area contributed by atoms with Crippen molar-refractivity contribution in [2.45, 2.75) is 223 Å². The van der Waals surface area contributed by atoms with Gasteiger partial charge in [0.1, 0.15) is 0 Å². The van der Waals surface area contributed by atoms with Crippen LogP contribution in [0.25, 0.3) is 0 Å². The standard InChI is InChI=1S/C42H84IN/c1-10-17-19-20-23-32-40(9,30-12-3)42(16-7,31-13-4)41(15-6,33-22-18-11-2)34-24-21-25-39(36-44)29-28-38(35-43)27-26-37(8)14-5/h36-39,44H,10-35H2,1-9H3/t37?,38-,39+,40?,41?,42?/m0/s1. The van der Waals surface area contributed by atoms with E-state index in [1.807, 2.05) is 6.21 Å². The first-order chi connectivity index (χ1) is 21.2. The van der Waals surface area contributed by atoms with Gasteiger partial charge in [0, 0.05) is 4.43 Å². The van der Waals surface area contributed by atoms with Gasteiger partial charge in [-0.2, -0.15) is 0 Å². The molecule has 0 aromatic rings. The van der Waals surface area contributed by atoms with Crippen molar-refractivity contribution in [2.75, 3.05) is 4.43 Å². The van der Waals surface area contributed by atoms with E-state index in [0.29, 0.717) is 22.2 Å². The maximum absolute atomic E-state index is 8.26. The number of rotatable bonds is 32. The molecule has 0 saturated carbocycles. The first kappa shape index (κ1) is 44.4. The Morgan fingerprint density at radius 3 is 1.68 bits per heavy atom. The molecule has 1 N–H and O–H groups in total. The molecular weight excluding hydrogens is 645 g/mol. The van der Waals surface area contributed by atoms with Crippen LogP contribution in [0.1, 0.15) is 223 Å². The minimum Gasteiger partial charge on any atom is -0.313 e. The Balaban J connectivity index is 5.89.